The maximum Gasteiger partial charge on any atom is 0.119 e. The molecule has 0 aliphatic carbocycles. The van der Waals surface area contributed by atoms with E-state index in [1.807, 2.05) is 26.0 Å². The number of nitrogens with two attached hydrogens (primary N) is 1. The van der Waals surface area contributed by atoms with Gasteiger partial charge in [0.25, 0.3) is 0 Å². The molecule has 1 rings (SSSR count). The van der Waals surface area contributed by atoms with Gasteiger partial charge in [0.2, 0.25) is 0 Å². The van der Waals surface area contributed by atoms with Gasteiger partial charge in [-0.25, -0.2) is 0 Å². The summed E-state index contributed by atoms with van der Waals surface area (Å²) in [5.74, 6) is 0.914. The first kappa shape index (κ1) is 12.1. The monoisotopic (exact) mass is 207 g/mol. The van der Waals surface area contributed by atoms with Gasteiger partial charge in [0, 0.05) is 6.04 Å². The lowest BCUT2D eigenvalue weighted by Gasteiger charge is -2.13. The molecule has 15 heavy (non-hydrogen) atoms. The van der Waals surface area contributed by atoms with Gasteiger partial charge in [-0.1, -0.05) is 25.5 Å². The van der Waals surface area contributed by atoms with Crippen molar-refractivity contribution >= 4 is 0 Å². The summed E-state index contributed by atoms with van der Waals surface area (Å²) in [6.07, 6.45) is 2.37. The van der Waals surface area contributed by atoms with E-state index in [4.69, 9.17) is 10.5 Å². The second kappa shape index (κ2) is 5.76. The molecule has 0 bridgehead atoms. The van der Waals surface area contributed by atoms with Crippen LogP contribution in [-0.2, 0) is 0 Å². The molecule has 1 aromatic carbocycles. The van der Waals surface area contributed by atoms with Crippen LogP contribution in [0.1, 0.15) is 45.2 Å². The number of benzene rings is 1. The average molecular weight is 207 g/mol. The van der Waals surface area contributed by atoms with Gasteiger partial charge in [-0.3, -0.25) is 0 Å². The Kier molecular flexibility index (Phi) is 4.63. The van der Waals surface area contributed by atoms with Crippen LogP contribution >= 0.6 is 0 Å². The molecular weight excluding hydrogens is 186 g/mol. The van der Waals surface area contributed by atoms with Crippen LogP contribution < -0.4 is 10.5 Å². The summed E-state index contributed by atoms with van der Waals surface area (Å²) in [4.78, 5) is 0. The van der Waals surface area contributed by atoms with Crippen LogP contribution in [0.2, 0.25) is 0 Å². The van der Waals surface area contributed by atoms with E-state index in [0.29, 0.717) is 0 Å². The minimum absolute atomic E-state index is 0.156. The van der Waals surface area contributed by atoms with E-state index in [2.05, 4.69) is 19.1 Å². The third kappa shape index (κ3) is 3.92. The number of hydrogen-bond acceptors (Lipinski definition) is 2. The summed E-state index contributed by atoms with van der Waals surface area (Å²) >= 11 is 0. The molecule has 1 aromatic rings. The van der Waals surface area contributed by atoms with Crippen molar-refractivity contribution < 1.29 is 4.74 Å². The Morgan fingerprint density at radius 1 is 1.20 bits per heavy atom. The first-order valence-electron chi connectivity index (χ1n) is 5.65. The minimum Gasteiger partial charge on any atom is -0.491 e. The van der Waals surface area contributed by atoms with Gasteiger partial charge in [0.05, 0.1) is 6.10 Å². The predicted molar refractivity (Wildman–Crippen MR) is 64.0 cm³/mol. The van der Waals surface area contributed by atoms with Crippen molar-refractivity contribution in [1.29, 1.82) is 0 Å². The standard InChI is InChI=1S/C13H21NO/c1-4-5-13(14)11-6-8-12(9-7-11)15-10(2)3/h6-10,13H,4-5,14H2,1-3H3/t13-/m0/s1. The van der Waals surface area contributed by atoms with Crippen molar-refractivity contribution in [2.75, 3.05) is 0 Å². The summed E-state index contributed by atoms with van der Waals surface area (Å²) in [6, 6.07) is 8.24. The molecule has 0 aliphatic heterocycles. The summed E-state index contributed by atoms with van der Waals surface area (Å²) in [6.45, 7) is 6.20. The number of hydrogen-bond donors (Lipinski definition) is 1. The molecule has 0 radical (unpaired) electrons. The zero-order valence-corrected chi connectivity index (χ0v) is 9.86. The Morgan fingerprint density at radius 3 is 2.27 bits per heavy atom. The van der Waals surface area contributed by atoms with Gasteiger partial charge in [0.15, 0.2) is 0 Å². The molecule has 0 fully saturated rings. The zero-order valence-electron chi connectivity index (χ0n) is 9.86. The lowest BCUT2D eigenvalue weighted by atomic mass is 10.0. The molecule has 0 saturated carbocycles. The molecule has 2 nitrogen and oxygen atoms in total. The normalized spacial score (nSPS) is 12.9. The van der Waals surface area contributed by atoms with Crippen LogP contribution in [0.25, 0.3) is 0 Å². The molecule has 2 N–H and O–H groups in total. The van der Waals surface area contributed by atoms with Crippen molar-refractivity contribution in [2.24, 2.45) is 5.73 Å². The largest absolute Gasteiger partial charge is 0.491 e. The molecule has 0 spiro atoms. The fourth-order valence-corrected chi connectivity index (χ4v) is 1.54. The first-order chi connectivity index (χ1) is 7.13. The van der Waals surface area contributed by atoms with E-state index in [1.165, 1.54) is 5.56 Å². The molecule has 0 aromatic heterocycles. The summed E-state index contributed by atoms with van der Waals surface area (Å²) < 4.78 is 5.57. The second-order valence-electron chi connectivity index (χ2n) is 4.13. The molecule has 0 amide bonds. The van der Waals surface area contributed by atoms with E-state index in [9.17, 15) is 0 Å². The second-order valence-corrected chi connectivity index (χ2v) is 4.13. The average Bonchev–Trinajstić information content (AvgIpc) is 2.18. The Morgan fingerprint density at radius 2 is 1.80 bits per heavy atom. The highest BCUT2D eigenvalue weighted by atomic mass is 16.5. The quantitative estimate of drug-likeness (QED) is 0.804. The fourth-order valence-electron chi connectivity index (χ4n) is 1.54. The lowest BCUT2D eigenvalue weighted by molar-refractivity contribution is 0.242. The van der Waals surface area contributed by atoms with E-state index >= 15 is 0 Å². The van der Waals surface area contributed by atoms with Gasteiger partial charge >= 0.3 is 0 Å². The van der Waals surface area contributed by atoms with E-state index in [1.54, 1.807) is 0 Å². The van der Waals surface area contributed by atoms with Crippen LogP contribution in [-0.4, -0.2) is 6.10 Å². The van der Waals surface area contributed by atoms with Gasteiger partial charge in [-0.15, -0.1) is 0 Å². The van der Waals surface area contributed by atoms with Gasteiger partial charge in [-0.05, 0) is 38.0 Å². The first-order valence-corrected chi connectivity index (χ1v) is 5.65. The third-order valence-corrected chi connectivity index (χ3v) is 2.28. The SMILES string of the molecule is CCC[C@H](N)c1ccc(OC(C)C)cc1. The van der Waals surface area contributed by atoms with Crippen LogP contribution in [0.15, 0.2) is 24.3 Å². The van der Waals surface area contributed by atoms with Gasteiger partial charge in [0.1, 0.15) is 5.75 Å². The summed E-state index contributed by atoms with van der Waals surface area (Å²) in [7, 11) is 0. The van der Waals surface area contributed by atoms with Crippen LogP contribution in [0.5, 0.6) is 5.75 Å². The molecule has 84 valence electrons. The fraction of sp³-hybridized carbons (Fsp3) is 0.538. The minimum atomic E-state index is 0.156. The Hall–Kier alpha value is -1.02. The molecule has 0 saturated heterocycles. The topological polar surface area (TPSA) is 35.2 Å². The Bertz CT molecular complexity index is 279. The van der Waals surface area contributed by atoms with E-state index in [0.717, 1.165) is 18.6 Å². The van der Waals surface area contributed by atoms with E-state index < -0.39 is 0 Å². The van der Waals surface area contributed by atoms with Crippen molar-refractivity contribution in [1.82, 2.24) is 0 Å². The summed E-state index contributed by atoms with van der Waals surface area (Å²) in [5.41, 5.74) is 7.20. The Labute approximate surface area is 92.4 Å². The van der Waals surface area contributed by atoms with Crippen molar-refractivity contribution in [2.45, 2.75) is 45.8 Å². The van der Waals surface area contributed by atoms with Gasteiger partial charge in [-0.2, -0.15) is 0 Å². The predicted octanol–water partition coefficient (Wildman–Crippen LogP) is 3.27. The smallest absolute Gasteiger partial charge is 0.119 e. The lowest BCUT2D eigenvalue weighted by Crippen LogP contribution is -2.10. The van der Waals surface area contributed by atoms with Crippen LogP contribution in [0.3, 0.4) is 0 Å². The number of rotatable bonds is 5. The number of ether oxygens (including phenoxy) is 1. The highest BCUT2D eigenvalue weighted by molar-refractivity contribution is 5.29. The highest BCUT2D eigenvalue weighted by Gasteiger charge is 2.04. The highest BCUT2D eigenvalue weighted by Crippen LogP contribution is 2.19. The van der Waals surface area contributed by atoms with Crippen LogP contribution in [0.4, 0.5) is 0 Å². The van der Waals surface area contributed by atoms with E-state index in [-0.39, 0.29) is 12.1 Å². The van der Waals surface area contributed by atoms with Crippen molar-refractivity contribution in [3.05, 3.63) is 29.8 Å². The molecule has 1 atom stereocenters. The molecule has 0 unspecified atom stereocenters. The maximum absolute atomic E-state index is 6.02. The maximum atomic E-state index is 6.02. The zero-order chi connectivity index (χ0) is 11.3. The van der Waals surface area contributed by atoms with Crippen LogP contribution in [0, 0.1) is 0 Å². The molecule has 0 aliphatic rings. The van der Waals surface area contributed by atoms with Gasteiger partial charge < -0.3 is 10.5 Å². The summed E-state index contributed by atoms with van der Waals surface area (Å²) in [5, 5.41) is 0. The van der Waals surface area contributed by atoms with Crippen molar-refractivity contribution in [3.8, 4) is 5.75 Å². The Balaban J connectivity index is 2.63. The molecule has 2 heteroatoms. The van der Waals surface area contributed by atoms with Crippen molar-refractivity contribution in [3.63, 3.8) is 0 Å². The third-order valence-electron chi connectivity index (χ3n) is 2.28. The molecule has 0 heterocycles. The molecular formula is C13H21NO.